The SMILES string of the molecule is O=C(CCn1cncn1)Nc1ccccc1NC12CC3CC(CC(C3)C1)C2. The molecule has 1 aromatic carbocycles. The van der Waals surface area contributed by atoms with Crippen LogP contribution in [0.4, 0.5) is 11.4 Å². The number of hydrogen-bond acceptors (Lipinski definition) is 4. The molecule has 27 heavy (non-hydrogen) atoms. The molecule has 2 aromatic rings. The summed E-state index contributed by atoms with van der Waals surface area (Å²) in [5, 5.41) is 11.0. The second-order valence-electron chi connectivity index (χ2n) is 8.83. The van der Waals surface area contributed by atoms with E-state index in [1.165, 1.54) is 44.9 Å². The van der Waals surface area contributed by atoms with Crippen molar-refractivity contribution in [1.29, 1.82) is 0 Å². The van der Waals surface area contributed by atoms with Crippen molar-refractivity contribution in [3.8, 4) is 0 Å². The van der Waals surface area contributed by atoms with Gasteiger partial charge >= 0.3 is 0 Å². The fourth-order valence-electron chi connectivity index (χ4n) is 6.03. The molecule has 1 heterocycles. The largest absolute Gasteiger partial charge is 0.378 e. The highest BCUT2D eigenvalue weighted by Crippen LogP contribution is 2.56. The van der Waals surface area contributed by atoms with E-state index in [0.717, 1.165) is 29.1 Å². The van der Waals surface area contributed by atoms with Crippen LogP contribution in [0.15, 0.2) is 36.9 Å². The maximum atomic E-state index is 12.4. The number of carbonyl (C=O) groups is 1. The van der Waals surface area contributed by atoms with Gasteiger partial charge in [0.1, 0.15) is 12.7 Å². The number of benzene rings is 1. The maximum absolute atomic E-state index is 12.4. The summed E-state index contributed by atoms with van der Waals surface area (Å²) in [5.41, 5.74) is 2.18. The predicted octanol–water partition coefficient (Wildman–Crippen LogP) is 3.69. The molecule has 0 atom stereocenters. The van der Waals surface area contributed by atoms with Crippen LogP contribution in [-0.4, -0.2) is 26.2 Å². The van der Waals surface area contributed by atoms with E-state index >= 15 is 0 Å². The van der Waals surface area contributed by atoms with Crippen molar-refractivity contribution in [2.75, 3.05) is 10.6 Å². The van der Waals surface area contributed by atoms with Gasteiger partial charge in [-0.05, 0) is 68.4 Å². The summed E-state index contributed by atoms with van der Waals surface area (Å²) in [7, 11) is 0. The Balaban J connectivity index is 1.28. The first kappa shape index (κ1) is 16.8. The molecule has 142 valence electrons. The normalized spacial score (nSPS) is 31.0. The molecule has 4 fully saturated rings. The van der Waals surface area contributed by atoms with Crippen LogP contribution in [0.3, 0.4) is 0 Å². The lowest BCUT2D eigenvalue weighted by atomic mass is 9.53. The van der Waals surface area contributed by atoms with Crippen LogP contribution >= 0.6 is 0 Å². The summed E-state index contributed by atoms with van der Waals surface area (Å²) in [6, 6.07) is 8.13. The van der Waals surface area contributed by atoms with E-state index in [2.05, 4.69) is 26.8 Å². The van der Waals surface area contributed by atoms with Crippen LogP contribution in [0.1, 0.15) is 44.9 Å². The average Bonchev–Trinajstić information content (AvgIpc) is 3.14. The second kappa shape index (κ2) is 6.66. The molecule has 0 aliphatic heterocycles. The van der Waals surface area contributed by atoms with Crippen LogP contribution in [0.2, 0.25) is 0 Å². The Morgan fingerprint density at radius 3 is 2.37 bits per heavy atom. The number of nitrogens with zero attached hydrogens (tertiary/aromatic N) is 3. The molecule has 0 unspecified atom stereocenters. The van der Waals surface area contributed by atoms with Crippen molar-refractivity contribution >= 4 is 17.3 Å². The number of rotatable bonds is 6. The van der Waals surface area contributed by atoms with Crippen LogP contribution in [-0.2, 0) is 11.3 Å². The zero-order valence-corrected chi connectivity index (χ0v) is 15.6. The Kier molecular flexibility index (Phi) is 4.14. The van der Waals surface area contributed by atoms with Crippen LogP contribution in [0, 0.1) is 17.8 Å². The van der Waals surface area contributed by atoms with Crippen molar-refractivity contribution in [3.05, 3.63) is 36.9 Å². The lowest BCUT2D eigenvalue weighted by Crippen LogP contribution is -2.54. The van der Waals surface area contributed by atoms with E-state index in [-0.39, 0.29) is 11.4 Å². The zero-order chi connectivity index (χ0) is 18.3. The maximum Gasteiger partial charge on any atom is 0.226 e. The number of aromatic nitrogens is 3. The smallest absolute Gasteiger partial charge is 0.226 e. The number of amides is 1. The Morgan fingerprint density at radius 1 is 1.07 bits per heavy atom. The van der Waals surface area contributed by atoms with Gasteiger partial charge < -0.3 is 10.6 Å². The van der Waals surface area contributed by atoms with Gasteiger partial charge in [-0.2, -0.15) is 5.10 Å². The fourth-order valence-corrected chi connectivity index (χ4v) is 6.03. The number of para-hydroxylation sites is 2. The molecule has 4 aliphatic carbocycles. The topological polar surface area (TPSA) is 71.8 Å². The molecule has 0 saturated heterocycles. The van der Waals surface area contributed by atoms with E-state index in [9.17, 15) is 4.79 Å². The fraction of sp³-hybridized carbons (Fsp3) is 0.571. The van der Waals surface area contributed by atoms with Crippen LogP contribution in [0.25, 0.3) is 0 Å². The van der Waals surface area contributed by atoms with Crippen LogP contribution < -0.4 is 10.6 Å². The molecule has 0 spiro atoms. The monoisotopic (exact) mass is 365 g/mol. The standard InChI is InChI=1S/C21H27N5O/c27-20(5-6-26-14-22-13-23-26)24-18-3-1-2-4-19(18)25-21-10-15-7-16(11-21)9-17(8-15)12-21/h1-4,13-17,25H,5-12H2,(H,24,27). The molecule has 6 heteroatoms. The van der Waals surface area contributed by atoms with Gasteiger partial charge in [0.15, 0.2) is 0 Å². The summed E-state index contributed by atoms with van der Waals surface area (Å²) in [4.78, 5) is 16.3. The molecule has 2 N–H and O–H groups in total. The summed E-state index contributed by atoms with van der Waals surface area (Å²) >= 11 is 0. The number of aryl methyl sites for hydroxylation is 1. The van der Waals surface area contributed by atoms with Gasteiger partial charge in [-0.3, -0.25) is 9.48 Å². The summed E-state index contributed by atoms with van der Waals surface area (Å²) < 4.78 is 1.68. The summed E-state index contributed by atoms with van der Waals surface area (Å²) in [6.45, 7) is 0.538. The Hall–Kier alpha value is -2.37. The molecule has 6 nitrogen and oxygen atoms in total. The van der Waals surface area contributed by atoms with Gasteiger partial charge in [-0.25, -0.2) is 4.98 Å². The number of anilines is 2. The Morgan fingerprint density at radius 2 is 1.74 bits per heavy atom. The minimum Gasteiger partial charge on any atom is -0.378 e. The number of hydrogen-bond donors (Lipinski definition) is 2. The van der Waals surface area contributed by atoms with E-state index in [1.54, 1.807) is 11.0 Å². The third-order valence-electron chi connectivity index (χ3n) is 6.67. The van der Waals surface area contributed by atoms with Crippen molar-refractivity contribution in [2.24, 2.45) is 17.8 Å². The van der Waals surface area contributed by atoms with Crippen LogP contribution in [0.5, 0.6) is 0 Å². The second-order valence-corrected chi connectivity index (χ2v) is 8.83. The highest BCUT2D eigenvalue weighted by Gasteiger charge is 2.51. The lowest BCUT2D eigenvalue weighted by Gasteiger charge is -2.57. The number of nitrogens with one attached hydrogen (secondary N) is 2. The highest BCUT2D eigenvalue weighted by atomic mass is 16.1. The van der Waals surface area contributed by atoms with Gasteiger partial charge in [0.2, 0.25) is 5.91 Å². The molecule has 6 rings (SSSR count). The first-order valence-corrected chi connectivity index (χ1v) is 10.2. The molecule has 4 saturated carbocycles. The van der Waals surface area contributed by atoms with E-state index < -0.39 is 0 Å². The third kappa shape index (κ3) is 3.45. The quantitative estimate of drug-likeness (QED) is 0.819. The van der Waals surface area contributed by atoms with Crippen molar-refractivity contribution < 1.29 is 4.79 Å². The predicted molar refractivity (Wildman–Crippen MR) is 104 cm³/mol. The first-order chi connectivity index (χ1) is 13.2. The van der Waals surface area contributed by atoms with Crippen molar-refractivity contribution in [3.63, 3.8) is 0 Å². The van der Waals surface area contributed by atoms with Crippen molar-refractivity contribution in [1.82, 2.24) is 14.8 Å². The Labute approximate surface area is 159 Å². The highest BCUT2D eigenvalue weighted by molar-refractivity contribution is 5.94. The van der Waals surface area contributed by atoms with Gasteiger partial charge in [0.25, 0.3) is 0 Å². The molecule has 0 radical (unpaired) electrons. The number of carbonyl (C=O) groups excluding carboxylic acids is 1. The molecule has 1 amide bonds. The summed E-state index contributed by atoms with van der Waals surface area (Å²) in [6.07, 6.45) is 11.7. The summed E-state index contributed by atoms with van der Waals surface area (Å²) in [5.74, 6) is 2.69. The van der Waals surface area contributed by atoms with Crippen molar-refractivity contribution in [2.45, 2.75) is 57.0 Å². The molecule has 4 bridgehead atoms. The van der Waals surface area contributed by atoms with E-state index in [4.69, 9.17) is 0 Å². The minimum atomic E-state index is 0.00487. The first-order valence-electron chi connectivity index (χ1n) is 10.2. The molecule has 4 aliphatic rings. The van der Waals surface area contributed by atoms with Gasteiger partial charge in [-0.15, -0.1) is 0 Å². The van der Waals surface area contributed by atoms with E-state index in [0.29, 0.717) is 13.0 Å². The molecular weight excluding hydrogens is 338 g/mol. The molecular formula is C21H27N5O. The molecule has 1 aromatic heterocycles. The van der Waals surface area contributed by atoms with Gasteiger partial charge in [0.05, 0.1) is 17.9 Å². The minimum absolute atomic E-state index is 0.00487. The van der Waals surface area contributed by atoms with E-state index in [1.807, 2.05) is 18.2 Å². The average molecular weight is 365 g/mol. The Bertz CT molecular complexity index is 780. The third-order valence-corrected chi connectivity index (χ3v) is 6.67. The zero-order valence-electron chi connectivity index (χ0n) is 15.6. The van der Waals surface area contributed by atoms with Gasteiger partial charge in [0, 0.05) is 12.0 Å². The lowest BCUT2D eigenvalue weighted by molar-refractivity contribution is -0.116. The van der Waals surface area contributed by atoms with Gasteiger partial charge in [-0.1, -0.05) is 12.1 Å².